The third-order valence-corrected chi connectivity index (χ3v) is 1.62. The molecule has 1 rings (SSSR count). The molecule has 1 aromatic rings. The van der Waals surface area contributed by atoms with E-state index in [4.69, 9.17) is 5.73 Å². The largest absolute Gasteiger partial charge is 0.325 e. The average Bonchev–Trinajstić information content (AvgIpc) is 2.05. The molecule has 0 aromatic carbocycles. The highest BCUT2D eigenvalue weighted by molar-refractivity contribution is 5.15. The molecule has 0 aliphatic heterocycles. The molecule has 0 aliphatic carbocycles. The Kier molecular flexibility index (Phi) is 2.60. The Labute approximate surface area is 67.5 Å². The van der Waals surface area contributed by atoms with Crippen molar-refractivity contribution in [2.75, 3.05) is 0 Å². The third-order valence-electron chi connectivity index (χ3n) is 1.62. The van der Waals surface area contributed by atoms with Gasteiger partial charge in [-0.1, -0.05) is 19.9 Å². The van der Waals surface area contributed by atoms with Crippen molar-refractivity contribution in [1.29, 1.82) is 0 Å². The normalized spacial score (nSPS) is 10.5. The highest BCUT2D eigenvalue weighted by atomic mass is 14.7. The van der Waals surface area contributed by atoms with Gasteiger partial charge in [0.25, 0.3) is 0 Å². The first-order valence-corrected chi connectivity index (χ1v) is 3.81. The standard InChI is InChI=1S/C9H13N2/c1-7(2)8-3-4-9(5-10)11-6-8/h3-4,7H,5,10H2,1-2H3. The van der Waals surface area contributed by atoms with Crippen molar-refractivity contribution < 1.29 is 0 Å². The van der Waals surface area contributed by atoms with Gasteiger partial charge in [-0.2, -0.15) is 0 Å². The van der Waals surface area contributed by atoms with E-state index >= 15 is 0 Å². The molecular formula is C9H13N2. The van der Waals surface area contributed by atoms with Crippen LogP contribution in [-0.2, 0) is 6.54 Å². The fourth-order valence-electron chi connectivity index (χ4n) is 0.832. The molecule has 1 aromatic heterocycles. The van der Waals surface area contributed by atoms with Crippen LogP contribution in [-0.4, -0.2) is 4.98 Å². The Morgan fingerprint density at radius 3 is 2.64 bits per heavy atom. The number of nitrogens with zero attached hydrogens (tertiary/aromatic N) is 1. The van der Waals surface area contributed by atoms with Crippen LogP contribution in [0, 0.1) is 6.20 Å². The molecule has 59 valence electrons. The molecule has 0 saturated heterocycles. The Morgan fingerprint density at radius 2 is 2.27 bits per heavy atom. The molecule has 0 bridgehead atoms. The van der Waals surface area contributed by atoms with Gasteiger partial charge in [-0.25, -0.2) is 4.98 Å². The van der Waals surface area contributed by atoms with E-state index in [-0.39, 0.29) is 0 Å². The molecule has 0 spiro atoms. The molecule has 0 atom stereocenters. The van der Waals surface area contributed by atoms with Gasteiger partial charge < -0.3 is 5.73 Å². The molecule has 11 heavy (non-hydrogen) atoms. The zero-order chi connectivity index (χ0) is 8.27. The van der Waals surface area contributed by atoms with Crippen molar-refractivity contribution in [1.82, 2.24) is 4.98 Å². The Bertz CT molecular complexity index is 214. The van der Waals surface area contributed by atoms with E-state index in [1.807, 2.05) is 12.1 Å². The minimum Gasteiger partial charge on any atom is -0.325 e. The van der Waals surface area contributed by atoms with Crippen LogP contribution >= 0.6 is 0 Å². The van der Waals surface area contributed by atoms with E-state index in [1.54, 1.807) is 0 Å². The van der Waals surface area contributed by atoms with Gasteiger partial charge in [0.05, 0.1) is 11.9 Å². The molecule has 0 amide bonds. The summed E-state index contributed by atoms with van der Waals surface area (Å²) in [5.74, 6) is 0.495. The van der Waals surface area contributed by atoms with E-state index in [1.165, 1.54) is 0 Å². The second-order valence-electron chi connectivity index (χ2n) is 2.86. The van der Waals surface area contributed by atoms with Crippen molar-refractivity contribution >= 4 is 0 Å². The molecule has 0 unspecified atom stereocenters. The van der Waals surface area contributed by atoms with Crippen molar-refractivity contribution in [3.8, 4) is 0 Å². The Hall–Kier alpha value is -0.890. The number of nitrogens with two attached hydrogens (primary N) is 1. The smallest absolute Gasteiger partial charge is 0.0927 e. The summed E-state index contributed by atoms with van der Waals surface area (Å²) in [7, 11) is 0. The minimum absolute atomic E-state index is 0.495. The molecule has 1 heterocycles. The molecular weight excluding hydrogens is 136 g/mol. The molecule has 2 nitrogen and oxygen atoms in total. The lowest BCUT2D eigenvalue weighted by molar-refractivity contribution is 0.845. The van der Waals surface area contributed by atoms with Gasteiger partial charge in [0.15, 0.2) is 0 Å². The van der Waals surface area contributed by atoms with E-state index in [0.717, 1.165) is 11.3 Å². The quantitative estimate of drug-likeness (QED) is 0.691. The summed E-state index contributed by atoms with van der Waals surface area (Å²) in [4.78, 5) is 4.07. The Balaban J connectivity index is 2.83. The Morgan fingerprint density at radius 1 is 1.55 bits per heavy atom. The van der Waals surface area contributed by atoms with E-state index in [9.17, 15) is 0 Å². The van der Waals surface area contributed by atoms with Gasteiger partial charge in [-0.15, -0.1) is 0 Å². The predicted molar refractivity (Wildman–Crippen MR) is 45.1 cm³/mol. The van der Waals surface area contributed by atoms with Crippen LogP contribution in [0.15, 0.2) is 12.1 Å². The first-order chi connectivity index (χ1) is 5.24. The summed E-state index contributed by atoms with van der Waals surface area (Å²) in [6.45, 7) is 4.74. The first kappa shape index (κ1) is 8.21. The van der Waals surface area contributed by atoms with Gasteiger partial charge in [-0.3, -0.25) is 0 Å². The van der Waals surface area contributed by atoms with Crippen LogP contribution in [0.4, 0.5) is 0 Å². The summed E-state index contributed by atoms with van der Waals surface area (Å²) in [5, 5.41) is 0. The summed E-state index contributed by atoms with van der Waals surface area (Å²) in [5.41, 5.74) is 7.43. The summed E-state index contributed by atoms with van der Waals surface area (Å²) in [6.07, 6.45) is 2.96. The molecule has 2 heteroatoms. The van der Waals surface area contributed by atoms with Gasteiger partial charge in [-0.05, 0) is 17.5 Å². The first-order valence-electron chi connectivity index (χ1n) is 3.81. The lowest BCUT2D eigenvalue weighted by Gasteiger charge is -2.03. The maximum Gasteiger partial charge on any atom is 0.0927 e. The number of rotatable bonds is 2. The van der Waals surface area contributed by atoms with Crippen LogP contribution in [0.1, 0.15) is 31.0 Å². The van der Waals surface area contributed by atoms with E-state index in [0.29, 0.717) is 12.5 Å². The monoisotopic (exact) mass is 149 g/mol. The van der Waals surface area contributed by atoms with Gasteiger partial charge in [0, 0.05) is 6.54 Å². The zero-order valence-corrected chi connectivity index (χ0v) is 6.96. The molecule has 2 N–H and O–H groups in total. The maximum absolute atomic E-state index is 5.39. The molecule has 0 saturated carbocycles. The number of pyridine rings is 1. The number of hydrogen-bond acceptors (Lipinski definition) is 2. The van der Waals surface area contributed by atoms with E-state index in [2.05, 4.69) is 25.0 Å². The lowest BCUT2D eigenvalue weighted by atomic mass is 10.1. The average molecular weight is 149 g/mol. The number of hydrogen-bond donors (Lipinski definition) is 1. The third kappa shape index (κ3) is 2.02. The number of aromatic nitrogens is 1. The second kappa shape index (κ2) is 3.49. The molecule has 0 fully saturated rings. The topological polar surface area (TPSA) is 38.9 Å². The zero-order valence-electron chi connectivity index (χ0n) is 6.96. The SMILES string of the molecule is CC(C)c1[c]nc(CN)cc1. The molecule has 1 radical (unpaired) electrons. The van der Waals surface area contributed by atoms with Crippen LogP contribution in [0.25, 0.3) is 0 Å². The lowest BCUT2D eigenvalue weighted by Crippen LogP contribution is -2.00. The van der Waals surface area contributed by atoms with E-state index < -0.39 is 0 Å². The fraction of sp³-hybridized carbons (Fsp3) is 0.444. The fourth-order valence-corrected chi connectivity index (χ4v) is 0.832. The highest BCUT2D eigenvalue weighted by Gasteiger charge is 1.98. The minimum atomic E-state index is 0.495. The second-order valence-corrected chi connectivity index (χ2v) is 2.86. The van der Waals surface area contributed by atoms with Crippen LogP contribution in [0.5, 0.6) is 0 Å². The van der Waals surface area contributed by atoms with Crippen molar-refractivity contribution in [2.24, 2.45) is 5.73 Å². The van der Waals surface area contributed by atoms with Crippen LogP contribution in [0.3, 0.4) is 0 Å². The predicted octanol–water partition coefficient (Wildman–Crippen LogP) is 1.46. The van der Waals surface area contributed by atoms with Crippen molar-refractivity contribution in [3.05, 3.63) is 29.6 Å². The summed E-state index contributed by atoms with van der Waals surface area (Å²) >= 11 is 0. The van der Waals surface area contributed by atoms with Crippen LogP contribution < -0.4 is 5.73 Å². The van der Waals surface area contributed by atoms with Gasteiger partial charge in [0.1, 0.15) is 0 Å². The summed E-state index contributed by atoms with van der Waals surface area (Å²) < 4.78 is 0. The van der Waals surface area contributed by atoms with Crippen molar-refractivity contribution in [3.63, 3.8) is 0 Å². The highest BCUT2D eigenvalue weighted by Crippen LogP contribution is 2.11. The maximum atomic E-state index is 5.39. The van der Waals surface area contributed by atoms with Gasteiger partial charge in [0.2, 0.25) is 0 Å². The molecule has 0 aliphatic rings. The van der Waals surface area contributed by atoms with Crippen LogP contribution in [0.2, 0.25) is 0 Å². The summed E-state index contributed by atoms with van der Waals surface area (Å²) in [6, 6.07) is 3.98. The van der Waals surface area contributed by atoms with Gasteiger partial charge >= 0.3 is 0 Å². The van der Waals surface area contributed by atoms with Crippen molar-refractivity contribution in [2.45, 2.75) is 26.3 Å².